The van der Waals surface area contributed by atoms with Gasteiger partial charge < -0.3 is 9.47 Å². The molecule has 0 aromatic carbocycles. The summed E-state index contributed by atoms with van der Waals surface area (Å²) in [4.78, 5) is 11.8. The highest BCUT2D eigenvalue weighted by molar-refractivity contribution is 5.72. The molecule has 0 saturated heterocycles. The van der Waals surface area contributed by atoms with Crippen molar-refractivity contribution in [3.05, 3.63) is 12.8 Å². The number of rotatable bonds is 8. The van der Waals surface area contributed by atoms with Crippen molar-refractivity contribution in [1.82, 2.24) is 0 Å². The summed E-state index contributed by atoms with van der Waals surface area (Å²) in [5.41, 5.74) is 0. The summed E-state index contributed by atoms with van der Waals surface area (Å²) in [5.74, 6) is -8.89. The monoisotopic (exact) mass is 326 g/mol. The van der Waals surface area contributed by atoms with Crippen LogP contribution in [0, 0.1) is 11.8 Å². The fraction of sp³-hybridized carbons (Fsp3) is 0.800. The van der Waals surface area contributed by atoms with Crippen molar-refractivity contribution in [1.29, 1.82) is 0 Å². The molecule has 1 fully saturated rings. The van der Waals surface area contributed by atoms with E-state index in [4.69, 9.17) is 9.47 Å². The Balaban J connectivity index is 2.28. The maximum absolute atomic E-state index is 13.0. The van der Waals surface area contributed by atoms with Gasteiger partial charge in [-0.3, -0.25) is 4.79 Å². The van der Waals surface area contributed by atoms with E-state index in [1.54, 1.807) is 0 Å². The predicted octanol–water partition coefficient (Wildman–Crippen LogP) is 4.18. The van der Waals surface area contributed by atoms with Crippen molar-refractivity contribution in [2.75, 3.05) is 13.2 Å². The van der Waals surface area contributed by atoms with Crippen molar-refractivity contribution in [3.8, 4) is 0 Å². The number of carbonyl (C=O) groups is 1. The Morgan fingerprint density at radius 3 is 2.32 bits per heavy atom. The topological polar surface area (TPSA) is 35.5 Å². The van der Waals surface area contributed by atoms with Gasteiger partial charge in [-0.25, -0.2) is 8.78 Å². The number of halogens is 4. The highest BCUT2D eigenvalue weighted by Gasteiger charge is 2.51. The minimum absolute atomic E-state index is 0.154. The van der Waals surface area contributed by atoms with Gasteiger partial charge in [-0.1, -0.05) is 6.58 Å². The fourth-order valence-electron chi connectivity index (χ4n) is 2.39. The van der Waals surface area contributed by atoms with Gasteiger partial charge in [-0.2, -0.15) is 8.78 Å². The fourth-order valence-corrected chi connectivity index (χ4v) is 2.39. The van der Waals surface area contributed by atoms with Crippen molar-refractivity contribution >= 4 is 5.97 Å². The van der Waals surface area contributed by atoms with Crippen LogP contribution in [0.4, 0.5) is 17.6 Å². The second-order valence-electron chi connectivity index (χ2n) is 5.73. The first-order valence-corrected chi connectivity index (χ1v) is 7.32. The molecule has 1 aliphatic carbocycles. The lowest BCUT2D eigenvalue weighted by Gasteiger charge is -2.27. The Labute approximate surface area is 127 Å². The van der Waals surface area contributed by atoms with Crippen LogP contribution < -0.4 is 0 Å². The first kappa shape index (κ1) is 18.8. The number of carbonyl (C=O) groups excluding carboxylic acids is 1. The van der Waals surface area contributed by atoms with Crippen LogP contribution in [0.1, 0.15) is 39.0 Å². The Hall–Kier alpha value is -1.27. The molecule has 0 aromatic heterocycles. The molecule has 0 amide bonds. The smallest absolute Gasteiger partial charge is 0.313 e. The Morgan fingerprint density at radius 1 is 1.23 bits per heavy atom. The molecule has 0 bridgehead atoms. The lowest BCUT2D eigenvalue weighted by Crippen LogP contribution is -2.39. The van der Waals surface area contributed by atoms with Gasteiger partial charge in [0.15, 0.2) is 0 Å². The summed E-state index contributed by atoms with van der Waals surface area (Å²) in [6, 6.07) is 0. The van der Waals surface area contributed by atoms with Crippen LogP contribution in [-0.4, -0.2) is 31.0 Å². The Bertz CT molecular complexity index is 371. The van der Waals surface area contributed by atoms with Crippen LogP contribution in [0.3, 0.4) is 0 Å². The molecule has 0 atom stereocenters. The normalized spacial score (nSPS) is 23.0. The molecule has 1 saturated carbocycles. The summed E-state index contributed by atoms with van der Waals surface area (Å²) in [5, 5.41) is 0. The van der Waals surface area contributed by atoms with Crippen molar-refractivity contribution in [3.63, 3.8) is 0 Å². The van der Waals surface area contributed by atoms with Crippen molar-refractivity contribution in [2.45, 2.75) is 50.9 Å². The van der Waals surface area contributed by atoms with Gasteiger partial charge >= 0.3 is 17.8 Å². The quantitative estimate of drug-likeness (QED) is 0.381. The van der Waals surface area contributed by atoms with Crippen LogP contribution >= 0.6 is 0 Å². The second kappa shape index (κ2) is 7.83. The number of esters is 1. The van der Waals surface area contributed by atoms with E-state index in [2.05, 4.69) is 6.58 Å². The molecule has 1 aliphatic rings. The molecule has 0 aromatic rings. The minimum Gasteiger partial charge on any atom is -0.502 e. The maximum Gasteiger partial charge on any atom is 0.313 e. The summed E-state index contributed by atoms with van der Waals surface area (Å²) in [6.45, 7) is 3.45. The van der Waals surface area contributed by atoms with E-state index in [9.17, 15) is 22.4 Å². The minimum atomic E-state index is -4.17. The molecule has 0 spiro atoms. The summed E-state index contributed by atoms with van der Waals surface area (Å²) in [6.07, 6.45) is 2.91. The lowest BCUT2D eigenvalue weighted by molar-refractivity contribution is -0.207. The lowest BCUT2D eigenvalue weighted by atomic mass is 9.82. The van der Waals surface area contributed by atoms with E-state index < -0.39 is 30.8 Å². The second-order valence-corrected chi connectivity index (χ2v) is 5.73. The zero-order valence-electron chi connectivity index (χ0n) is 12.6. The van der Waals surface area contributed by atoms with Gasteiger partial charge in [-0.05, 0) is 31.6 Å². The summed E-state index contributed by atoms with van der Waals surface area (Å²) in [7, 11) is 0. The van der Waals surface area contributed by atoms with Gasteiger partial charge in [0.2, 0.25) is 0 Å². The van der Waals surface area contributed by atoms with E-state index in [-0.39, 0.29) is 12.8 Å². The largest absolute Gasteiger partial charge is 0.502 e. The Morgan fingerprint density at radius 2 is 1.82 bits per heavy atom. The molecule has 0 N–H and O–H groups in total. The molecule has 7 heteroatoms. The average Bonchev–Trinajstić information content (AvgIpc) is 2.44. The molecule has 0 aliphatic heterocycles. The number of hydrogen-bond acceptors (Lipinski definition) is 3. The number of hydrogen-bond donors (Lipinski definition) is 0. The van der Waals surface area contributed by atoms with E-state index in [1.165, 1.54) is 6.26 Å². The third kappa shape index (κ3) is 5.50. The van der Waals surface area contributed by atoms with E-state index in [0.29, 0.717) is 25.4 Å². The first-order chi connectivity index (χ1) is 10.2. The van der Waals surface area contributed by atoms with Gasteiger partial charge in [0.25, 0.3) is 0 Å². The molecule has 0 unspecified atom stereocenters. The average molecular weight is 326 g/mol. The van der Waals surface area contributed by atoms with Gasteiger partial charge in [0.05, 0.1) is 31.8 Å². The van der Waals surface area contributed by atoms with Crippen LogP contribution in [0.25, 0.3) is 0 Å². The molecular formula is C15H22F4O3. The zero-order valence-corrected chi connectivity index (χ0v) is 12.6. The van der Waals surface area contributed by atoms with Crippen LogP contribution in [-0.2, 0) is 14.3 Å². The SMILES string of the molecule is C=COCC1CCC(C(=O)OCCC(F)(F)C(C)(F)F)CC1. The van der Waals surface area contributed by atoms with Gasteiger partial charge in [-0.15, -0.1) is 0 Å². The highest BCUT2D eigenvalue weighted by Crippen LogP contribution is 2.36. The molecular weight excluding hydrogens is 304 g/mol. The third-order valence-corrected chi connectivity index (χ3v) is 3.93. The van der Waals surface area contributed by atoms with Crippen LogP contribution in [0.5, 0.6) is 0 Å². The number of alkyl halides is 4. The third-order valence-electron chi connectivity index (χ3n) is 3.93. The molecule has 0 heterocycles. The van der Waals surface area contributed by atoms with Gasteiger partial charge in [0, 0.05) is 6.92 Å². The van der Waals surface area contributed by atoms with Crippen LogP contribution in [0.2, 0.25) is 0 Å². The standard InChI is InChI=1S/C15H22F4O3/c1-3-21-10-11-4-6-12(7-5-11)13(20)22-9-8-15(18,19)14(2,16)17/h3,11-12H,1,4-10H2,2H3. The molecule has 3 nitrogen and oxygen atoms in total. The summed E-state index contributed by atoms with van der Waals surface area (Å²) >= 11 is 0. The molecule has 1 rings (SSSR count). The molecule has 128 valence electrons. The van der Waals surface area contributed by atoms with Crippen molar-refractivity contribution in [2.24, 2.45) is 11.8 Å². The zero-order chi connectivity index (χ0) is 16.8. The number of ether oxygens (including phenoxy) is 2. The predicted molar refractivity (Wildman–Crippen MR) is 72.7 cm³/mol. The van der Waals surface area contributed by atoms with Gasteiger partial charge in [0.1, 0.15) is 0 Å². The highest BCUT2D eigenvalue weighted by atomic mass is 19.3. The molecule has 22 heavy (non-hydrogen) atoms. The van der Waals surface area contributed by atoms with E-state index >= 15 is 0 Å². The molecule has 0 radical (unpaired) electrons. The van der Waals surface area contributed by atoms with Crippen LogP contribution in [0.15, 0.2) is 12.8 Å². The van der Waals surface area contributed by atoms with E-state index in [0.717, 1.165) is 12.8 Å². The van der Waals surface area contributed by atoms with Crippen molar-refractivity contribution < 1.29 is 31.8 Å². The maximum atomic E-state index is 13.0. The first-order valence-electron chi connectivity index (χ1n) is 7.32. The Kier molecular flexibility index (Phi) is 6.68. The summed E-state index contributed by atoms with van der Waals surface area (Å²) < 4.78 is 61.1. The van der Waals surface area contributed by atoms with E-state index in [1.807, 2.05) is 0 Å².